The summed E-state index contributed by atoms with van der Waals surface area (Å²) in [5.41, 5.74) is 6.19. The molecule has 0 atom stereocenters. The van der Waals surface area contributed by atoms with Crippen LogP contribution in [-0.2, 0) is 12.3 Å². The van der Waals surface area contributed by atoms with E-state index >= 15 is 0 Å². The predicted octanol–water partition coefficient (Wildman–Crippen LogP) is 5.39. The van der Waals surface area contributed by atoms with Gasteiger partial charge < -0.3 is 0 Å². The summed E-state index contributed by atoms with van der Waals surface area (Å²) in [6.07, 6.45) is 1.78. The molecule has 0 radical (unpaired) electrons. The first kappa shape index (κ1) is 23.4. The topological polar surface area (TPSA) is 105 Å². The number of thioether (sulfide) groups is 1. The molecule has 36 heavy (non-hydrogen) atoms. The number of hydrogen-bond acceptors (Lipinski definition) is 7. The van der Waals surface area contributed by atoms with Crippen molar-refractivity contribution in [1.29, 1.82) is 0 Å². The molecule has 2 aromatic heterocycles. The van der Waals surface area contributed by atoms with Crippen molar-refractivity contribution in [1.82, 2.24) is 30.0 Å². The van der Waals surface area contributed by atoms with Gasteiger partial charge in [0.2, 0.25) is 5.82 Å². The van der Waals surface area contributed by atoms with Crippen LogP contribution in [0.3, 0.4) is 0 Å². The summed E-state index contributed by atoms with van der Waals surface area (Å²) in [7, 11) is 0. The third-order valence-electron chi connectivity index (χ3n) is 5.76. The Balaban J connectivity index is 1.48. The van der Waals surface area contributed by atoms with E-state index in [2.05, 4.69) is 53.5 Å². The Morgan fingerprint density at radius 3 is 2.33 bits per heavy atom. The van der Waals surface area contributed by atoms with Crippen LogP contribution >= 0.6 is 11.8 Å². The van der Waals surface area contributed by atoms with Gasteiger partial charge in [0.15, 0.2) is 0 Å². The lowest BCUT2D eigenvalue weighted by Gasteiger charge is -2.13. The zero-order valence-corrected chi connectivity index (χ0v) is 20.6. The van der Waals surface area contributed by atoms with Crippen LogP contribution in [0, 0.1) is 24.0 Å². The molecule has 0 spiro atoms. The van der Waals surface area contributed by atoms with E-state index < -0.39 is 4.92 Å². The Morgan fingerprint density at radius 2 is 1.64 bits per heavy atom. The number of para-hydroxylation sites is 1. The number of nitrogens with zero attached hydrogens (tertiary/aromatic N) is 7. The Morgan fingerprint density at radius 1 is 0.917 bits per heavy atom. The van der Waals surface area contributed by atoms with Crippen LogP contribution in [-0.4, -0.2) is 34.9 Å². The zero-order valence-electron chi connectivity index (χ0n) is 19.8. The van der Waals surface area contributed by atoms with Crippen molar-refractivity contribution in [3.05, 3.63) is 111 Å². The second kappa shape index (κ2) is 10.1. The summed E-state index contributed by atoms with van der Waals surface area (Å²) in [6.45, 7) is 4.50. The highest BCUT2D eigenvalue weighted by molar-refractivity contribution is 7.98. The monoisotopic (exact) mass is 497 g/mol. The van der Waals surface area contributed by atoms with E-state index in [4.69, 9.17) is 5.10 Å². The second-order valence-electron chi connectivity index (χ2n) is 8.36. The quantitative estimate of drug-likeness (QED) is 0.161. The molecule has 0 saturated carbocycles. The SMILES string of the molecule is Cc1cccc(C)c1-n1ncc(-c2nnn(Cc3ccc([N+](=O)[O-])cc3)n2)c1SCc1ccccc1. The van der Waals surface area contributed by atoms with Crippen LogP contribution in [0.15, 0.2) is 84.0 Å². The molecule has 2 heterocycles. The minimum atomic E-state index is -0.419. The Kier molecular flexibility index (Phi) is 6.59. The molecule has 5 rings (SSSR count). The van der Waals surface area contributed by atoms with Gasteiger partial charge in [-0.05, 0) is 41.3 Å². The van der Waals surface area contributed by atoms with Crippen molar-refractivity contribution in [3.8, 4) is 17.1 Å². The highest BCUT2D eigenvalue weighted by Crippen LogP contribution is 2.35. The minimum Gasteiger partial charge on any atom is -0.258 e. The van der Waals surface area contributed by atoms with Gasteiger partial charge in [0.25, 0.3) is 5.69 Å². The number of non-ortho nitro benzene ring substituents is 1. The van der Waals surface area contributed by atoms with E-state index in [-0.39, 0.29) is 5.69 Å². The average Bonchev–Trinajstić information content (AvgIpc) is 3.50. The lowest BCUT2D eigenvalue weighted by Crippen LogP contribution is -2.04. The van der Waals surface area contributed by atoms with Gasteiger partial charge in [0.1, 0.15) is 5.03 Å². The summed E-state index contributed by atoms with van der Waals surface area (Å²) in [4.78, 5) is 12.0. The van der Waals surface area contributed by atoms with E-state index in [1.54, 1.807) is 30.1 Å². The van der Waals surface area contributed by atoms with Crippen LogP contribution in [0.25, 0.3) is 17.1 Å². The van der Waals surface area contributed by atoms with Crippen LogP contribution < -0.4 is 0 Å². The number of nitro benzene ring substituents is 1. The minimum absolute atomic E-state index is 0.0463. The fraction of sp³-hybridized carbons (Fsp3) is 0.154. The number of rotatable bonds is 8. The molecule has 0 aliphatic rings. The van der Waals surface area contributed by atoms with Gasteiger partial charge >= 0.3 is 0 Å². The maximum absolute atomic E-state index is 10.9. The fourth-order valence-corrected chi connectivity index (χ4v) is 5.01. The first-order valence-corrected chi connectivity index (χ1v) is 12.3. The summed E-state index contributed by atoms with van der Waals surface area (Å²) in [5, 5.41) is 29.7. The molecule has 0 bridgehead atoms. The van der Waals surface area contributed by atoms with E-state index in [1.165, 1.54) is 22.5 Å². The maximum atomic E-state index is 10.9. The molecule has 0 saturated heterocycles. The molecule has 0 aliphatic heterocycles. The molecular formula is C26H23N7O2S. The molecule has 0 amide bonds. The number of aryl methyl sites for hydroxylation is 2. The van der Waals surface area contributed by atoms with Gasteiger partial charge in [-0.1, -0.05) is 60.7 Å². The third kappa shape index (κ3) is 4.89. The van der Waals surface area contributed by atoms with E-state index in [0.717, 1.165) is 38.7 Å². The molecule has 10 heteroatoms. The lowest BCUT2D eigenvalue weighted by atomic mass is 10.1. The summed E-state index contributed by atoms with van der Waals surface area (Å²) in [6, 6.07) is 22.8. The molecule has 180 valence electrons. The fourth-order valence-electron chi connectivity index (χ4n) is 3.96. The molecule has 0 fully saturated rings. The van der Waals surface area contributed by atoms with Crippen molar-refractivity contribution in [3.63, 3.8) is 0 Å². The average molecular weight is 498 g/mol. The Labute approximate surface area is 211 Å². The normalized spacial score (nSPS) is 11.1. The van der Waals surface area contributed by atoms with Gasteiger partial charge in [-0.15, -0.1) is 22.0 Å². The van der Waals surface area contributed by atoms with Crippen molar-refractivity contribution in [2.45, 2.75) is 31.2 Å². The van der Waals surface area contributed by atoms with Crippen LogP contribution in [0.5, 0.6) is 0 Å². The largest absolute Gasteiger partial charge is 0.269 e. The van der Waals surface area contributed by atoms with Crippen LogP contribution in [0.2, 0.25) is 0 Å². The van der Waals surface area contributed by atoms with E-state index in [9.17, 15) is 10.1 Å². The molecule has 5 aromatic rings. The van der Waals surface area contributed by atoms with Crippen molar-refractivity contribution < 1.29 is 4.92 Å². The van der Waals surface area contributed by atoms with E-state index in [0.29, 0.717) is 12.4 Å². The van der Waals surface area contributed by atoms with Crippen molar-refractivity contribution in [2.75, 3.05) is 0 Å². The van der Waals surface area contributed by atoms with Crippen molar-refractivity contribution >= 4 is 17.4 Å². The summed E-state index contributed by atoms with van der Waals surface area (Å²) < 4.78 is 1.96. The first-order valence-electron chi connectivity index (χ1n) is 11.3. The van der Waals surface area contributed by atoms with Crippen LogP contribution in [0.4, 0.5) is 5.69 Å². The number of tetrazole rings is 1. The second-order valence-corrected chi connectivity index (χ2v) is 9.32. The molecule has 0 unspecified atom stereocenters. The van der Waals surface area contributed by atoms with Gasteiger partial charge in [0, 0.05) is 17.9 Å². The molecular weight excluding hydrogens is 474 g/mol. The van der Waals surface area contributed by atoms with Gasteiger partial charge in [-0.3, -0.25) is 10.1 Å². The Bertz CT molecular complexity index is 1490. The van der Waals surface area contributed by atoms with Gasteiger partial charge in [0.05, 0.1) is 28.9 Å². The van der Waals surface area contributed by atoms with E-state index in [1.807, 2.05) is 28.9 Å². The Hall–Kier alpha value is -4.31. The molecule has 0 aliphatic carbocycles. The number of nitro groups is 1. The highest BCUT2D eigenvalue weighted by Gasteiger charge is 2.21. The van der Waals surface area contributed by atoms with Gasteiger partial charge in [-0.2, -0.15) is 9.90 Å². The summed E-state index contributed by atoms with van der Waals surface area (Å²) >= 11 is 1.68. The molecule has 0 N–H and O–H groups in total. The smallest absolute Gasteiger partial charge is 0.258 e. The summed E-state index contributed by atoms with van der Waals surface area (Å²) in [5.74, 6) is 1.24. The maximum Gasteiger partial charge on any atom is 0.269 e. The number of benzene rings is 3. The predicted molar refractivity (Wildman–Crippen MR) is 138 cm³/mol. The third-order valence-corrected chi connectivity index (χ3v) is 6.90. The highest BCUT2D eigenvalue weighted by atomic mass is 32.2. The lowest BCUT2D eigenvalue weighted by molar-refractivity contribution is -0.384. The zero-order chi connectivity index (χ0) is 25.1. The molecule has 3 aromatic carbocycles. The van der Waals surface area contributed by atoms with Crippen molar-refractivity contribution in [2.24, 2.45) is 0 Å². The molecule has 9 nitrogen and oxygen atoms in total. The van der Waals surface area contributed by atoms with Gasteiger partial charge in [-0.25, -0.2) is 4.68 Å². The standard InChI is InChI=1S/C26H23N7O2S/c1-18-7-6-8-19(2)24(18)32-26(36-17-21-9-4-3-5-10-21)23(15-27-32)25-28-30-31(29-25)16-20-11-13-22(14-12-20)33(34)35/h3-15H,16-17H2,1-2H3. The number of aromatic nitrogens is 6. The first-order chi connectivity index (χ1) is 17.5. The number of hydrogen-bond donors (Lipinski definition) is 0. The van der Waals surface area contributed by atoms with Crippen LogP contribution in [0.1, 0.15) is 22.3 Å².